The van der Waals surface area contributed by atoms with E-state index in [2.05, 4.69) is 0 Å². The normalized spacial score (nSPS) is 18.6. The molecule has 92 valence electrons. The van der Waals surface area contributed by atoms with Gasteiger partial charge in [0.2, 0.25) is 5.60 Å². The minimum absolute atomic E-state index is 0.385. The quantitative estimate of drug-likeness (QED) is 0.872. The van der Waals surface area contributed by atoms with Crippen LogP contribution in [0.5, 0.6) is 5.75 Å². The zero-order valence-corrected chi connectivity index (χ0v) is 9.81. The molecule has 17 heavy (non-hydrogen) atoms. The van der Waals surface area contributed by atoms with Crippen LogP contribution in [0.4, 0.5) is 0 Å². The largest absolute Gasteiger partial charge is 0.478 e. The van der Waals surface area contributed by atoms with E-state index in [0.717, 1.165) is 5.56 Å². The minimum atomic E-state index is -1.13. The molecule has 1 aromatic rings. The fourth-order valence-electron chi connectivity index (χ4n) is 1.89. The maximum atomic E-state index is 11.4. The SMILES string of the molecule is Cc1ccc(OC2(C(=O)O)CCOCC2)cc1. The van der Waals surface area contributed by atoms with Gasteiger partial charge in [0.05, 0.1) is 13.2 Å². The molecule has 0 spiro atoms. The summed E-state index contributed by atoms with van der Waals surface area (Å²) in [5, 5.41) is 9.32. The van der Waals surface area contributed by atoms with Crippen molar-refractivity contribution in [3.05, 3.63) is 29.8 Å². The summed E-state index contributed by atoms with van der Waals surface area (Å²) in [6, 6.07) is 7.42. The maximum absolute atomic E-state index is 11.4. The van der Waals surface area contributed by atoms with Crippen LogP contribution < -0.4 is 4.74 Å². The number of carboxylic acids is 1. The summed E-state index contributed by atoms with van der Waals surface area (Å²) in [5.41, 5.74) is -0.0123. The van der Waals surface area contributed by atoms with Crippen molar-refractivity contribution >= 4 is 5.97 Å². The molecule has 0 saturated carbocycles. The van der Waals surface area contributed by atoms with Crippen LogP contribution in [0.15, 0.2) is 24.3 Å². The van der Waals surface area contributed by atoms with E-state index in [1.54, 1.807) is 12.1 Å². The maximum Gasteiger partial charge on any atom is 0.348 e. The molecule has 0 atom stereocenters. The Morgan fingerprint density at radius 2 is 1.88 bits per heavy atom. The van der Waals surface area contributed by atoms with E-state index in [1.807, 2.05) is 19.1 Å². The van der Waals surface area contributed by atoms with Gasteiger partial charge in [-0.15, -0.1) is 0 Å². The Bertz CT molecular complexity index is 390. The second kappa shape index (κ2) is 4.75. The summed E-state index contributed by atoms with van der Waals surface area (Å²) >= 11 is 0. The summed E-state index contributed by atoms with van der Waals surface area (Å²) in [4.78, 5) is 11.4. The molecule has 1 saturated heterocycles. The van der Waals surface area contributed by atoms with Gasteiger partial charge in [-0.25, -0.2) is 4.79 Å². The van der Waals surface area contributed by atoms with Gasteiger partial charge < -0.3 is 14.6 Å². The molecule has 1 aliphatic rings. The molecule has 0 unspecified atom stereocenters. The van der Waals surface area contributed by atoms with Crippen LogP contribution in [-0.2, 0) is 9.53 Å². The van der Waals surface area contributed by atoms with Gasteiger partial charge in [0.15, 0.2) is 0 Å². The summed E-state index contributed by atoms with van der Waals surface area (Å²) in [5.74, 6) is -0.318. The summed E-state index contributed by atoms with van der Waals surface area (Å²) < 4.78 is 10.9. The lowest BCUT2D eigenvalue weighted by atomic mass is 9.94. The van der Waals surface area contributed by atoms with Crippen LogP contribution in [0.1, 0.15) is 18.4 Å². The van der Waals surface area contributed by atoms with E-state index < -0.39 is 11.6 Å². The third-order valence-corrected chi connectivity index (χ3v) is 3.02. The number of benzene rings is 1. The molecule has 1 fully saturated rings. The van der Waals surface area contributed by atoms with E-state index in [9.17, 15) is 9.90 Å². The van der Waals surface area contributed by atoms with Gasteiger partial charge in [0.1, 0.15) is 5.75 Å². The first kappa shape index (κ1) is 11.9. The molecule has 0 radical (unpaired) electrons. The first-order valence-electron chi connectivity index (χ1n) is 5.69. The highest BCUT2D eigenvalue weighted by Gasteiger charge is 2.42. The second-order valence-corrected chi connectivity index (χ2v) is 4.33. The Labute approximate surface area is 100 Å². The molecule has 0 aliphatic carbocycles. The van der Waals surface area contributed by atoms with Gasteiger partial charge in [0.25, 0.3) is 0 Å². The third-order valence-electron chi connectivity index (χ3n) is 3.02. The molecule has 1 heterocycles. The van der Waals surface area contributed by atoms with Crippen molar-refractivity contribution in [1.82, 2.24) is 0 Å². The monoisotopic (exact) mass is 236 g/mol. The van der Waals surface area contributed by atoms with Crippen LogP contribution in [0, 0.1) is 6.92 Å². The third kappa shape index (κ3) is 2.58. The number of hydrogen-bond donors (Lipinski definition) is 1. The number of carbonyl (C=O) groups is 1. The van der Waals surface area contributed by atoms with E-state index in [1.165, 1.54) is 0 Å². The number of aliphatic carboxylic acids is 1. The average molecular weight is 236 g/mol. The minimum Gasteiger partial charge on any atom is -0.478 e. The number of hydrogen-bond acceptors (Lipinski definition) is 3. The van der Waals surface area contributed by atoms with Crippen LogP contribution in [0.3, 0.4) is 0 Å². The van der Waals surface area contributed by atoms with Crippen LogP contribution in [-0.4, -0.2) is 29.9 Å². The Hall–Kier alpha value is -1.55. The van der Waals surface area contributed by atoms with Crippen molar-refractivity contribution in [3.8, 4) is 5.75 Å². The Kier molecular flexibility index (Phi) is 3.33. The Morgan fingerprint density at radius 1 is 1.29 bits per heavy atom. The molecular formula is C13H16O4. The van der Waals surface area contributed by atoms with E-state index in [-0.39, 0.29) is 0 Å². The highest BCUT2D eigenvalue weighted by Crippen LogP contribution is 2.28. The van der Waals surface area contributed by atoms with Crippen molar-refractivity contribution in [1.29, 1.82) is 0 Å². The first-order valence-corrected chi connectivity index (χ1v) is 5.69. The van der Waals surface area contributed by atoms with E-state index >= 15 is 0 Å². The molecule has 1 aromatic carbocycles. The van der Waals surface area contributed by atoms with Gasteiger partial charge in [0, 0.05) is 12.8 Å². The van der Waals surface area contributed by atoms with Crippen molar-refractivity contribution in [2.75, 3.05) is 13.2 Å². The van der Waals surface area contributed by atoms with Crippen LogP contribution in [0.2, 0.25) is 0 Å². The van der Waals surface area contributed by atoms with Gasteiger partial charge >= 0.3 is 5.97 Å². The average Bonchev–Trinajstić information content (AvgIpc) is 2.33. The number of aryl methyl sites for hydroxylation is 1. The molecule has 1 aliphatic heterocycles. The predicted octanol–water partition coefficient (Wildman–Crippen LogP) is 2.01. The lowest BCUT2D eigenvalue weighted by Gasteiger charge is -2.33. The number of carboxylic acid groups (broad SMARTS) is 1. The topological polar surface area (TPSA) is 55.8 Å². The lowest BCUT2D eigenvalue weighted by Crippen LogP contribution is -2.49. The van der Waals surface area contributed by atoms with Crippen molar-refractivity contribution in [2.24, 2.45) is 0 Å². The first-order chi connectivity index (χ1) is 8.12. The zero-order valence-electron chi connectivity index (χ0n) is 9.81. The molecule has 4 heteroatoms. The lowest BCUT2D eigenvalue weighted by molar-refractivity contribution is -0.163. The Balaban J connectivity index is 2.17. The highest BCUT2D eigenvalue weighted by molar-refractivity contribution is 5.78. The summed E-state index contributed by atoms with van der Waals surface area (Å²) in [6.45, 7) is 2.83. The molecule has 0 bridgehead atoms. The molecule has 4 nitrogen and oxygen atoms in total. The van der Waals surface area contributed by atoms with E-state index in [4.69, 9.17) is 9.47 Å². The van der Waals surface area contributed by atoms with Crippen molar-refractivity contribution < 1.29 is 19.4 Å². The Morgan fingerprint density at radius 3 is 2.41 bits per heavy atom. The fraction of sp³-hybridized carbons (Fsp3) is 0.462. The molecule has 2 rings (SSSR count). The molecule has 0 amide bonds. The fourth-order valence-corrected chi connectivity index (χ4v) is 1.89. The number of ether oxygens (including phenoxy) is 2. The summed E-state index contributed by atoms with van der Waals surface area (Å²) in [7, 11) is 0. The van der Waals surface area contributed by atoms with Crippen LogP contribution in [0.25, 0.3) is 0 Å². The molecule has 1 N–H and O–H groups in total. The molecule has 0 aromatic heterocycles. The highest BCUT2D eigenvalue weighted by atomic mass is 16.5. The van der Waals surface area contributed by atoms with Gasteiger partial charge in [-0.05, 0) is 19.1 Å². The zero-order chi connectivity index (χ0) is 12.3. The van der Waals surface area contributed by atoms with Gasteiger partial charge in [-0.3, -0.25) is 0 Å². The van der Waals surface area contributed by atoms with E-state index in [0.29, 0.717) is 31.8 Å². The predicted molar refractivity (Wildman–Crippen MR) is 62.2 cm³/mol. The number of rotatable bonds is 3. The molecular weight excluding hydrogens is 220 g/mol. The van der Waals surface area contributed by atoms with Gasteiger partial charge in [-0.1, -0.05) is 17.7 Å². The second-order valence-electron chi connectivity index (χ2n) is 4.33. The van der Waals surface area contributed by atoms with Crippen molar-refractivity contribution in [2.45, 2.75) is 25.4 Å². The standard InChI is InChI=1S/C13H16O4/c1-10-2-4-11(5-3-10)17-13(12(14)15)6-8-16-9-7-13/h2-5H,6-9H2,1H3,(H,14,15). The van der Waals surface area contributed by atoms with Gasteiger partial charge in [-0.2, -0.15) is 0 Å². The summed E-state index contributed by atoms with van der Waals surface area (Å²) in [6.07, 6.45) is 0.770. The van der Waals surface area contributed by atoms with Crippen LogP contribution >= 0.6 is 0 Å². The van der Waals surface area contributed by atoms with Crippen molar-refractivity contribution in [3.63, 3.8) is 0 Å². The smallest absolute Gasteiger partial charge is 0.348 e.